The number of nitrogens with one attached hydrogen (secondary N) is 3. The van der Waals surface area contributed by atoms with Gasteiger partial charge in [-0.1, -0.05) is 32.1 Å². The van der Waals surface area contributed by atoms with Gasteiger partial charge >= 0.3 is 0 Å². The van der Waals surface area contributed by atoms with Crippen molar-refractivity contribution in [2.45, 2.75) is 84.1 Å². The summed E-state index contributed by atoms with van der Waals surface area (Å²) in [5.41, 5.74) is 0.301. The molecule has 0 bridgehead atoms. The van der Waals surface area contributed by atoms with Gasteiger partial charge in [-0.05, 0) is 51.4 Å². The number of nitrogens with zero attached hydrogens (tertiary/aromatic N) is 1. The monoisotopic (exact) mass is 380 g/mol. The maximum absolute atomic E-state index is 12.2. The van der Waals surface area contributed by atoms with Gasteiger partial charge < -0.3 is 20.7 Å². The van der Waals surface area contributed by atoms with E-state index < -0.39 is 0 Å². The van der Waals surface area contributed by atoms with Gasteiger partial charge in [0, 0.05) is 32.3 Å². The topological polar surface area (TPSA) is 74.8 Å². The van der Waals surface area contributed by atoms with Crippen LogP contribution in [-0.4, -0.2) is 50.8 Å². The Morgan fingerprint density at radius 3 is 2.48 bits per heavy atom. The van der Waals surface area contributed by atoms with E-state index in [1.807, 2.05) is 6.92 Å². The zero-order chi connectivity index (χ0) is 19.4. The van der Waals surface area contributed by atoms with Gasteiger partial charge in [-0.15, -0.1) is 0 Å². The van der Waals surface area contributed by atoms with Gasteiger partial charge in [-0.3, -0.25) is 4.79 Å². The fraction of sp³-hybridized carbons (Fsp3) is 0.905. The first-order valence-corrected chi connectivity index (χ1v) is 11.1. The zero-order valence-electron chi connectivity index (χ0n) is 17.4. The molecule has 0 atom stereocenters. The fourth-order valence-electron chi connectivity index (χ4n) is 4.36. The van der Waals surface area contributed by atoms with Crippen LogP contribution in [0, 0.1) is 5.41 Å². The van der Waals surface area contributed by atoms with E-state index in [9.17, 15) is 4.79 Å². The van der Waals surface area contributed by atoms with Gasteiger partial charge in [-0.25, -0.2) is 4.99 Å². The summed E-state index contributed by atoms with van der Waals surface area (Å²) in [6.07, 6.45) is 12.1. The largest absolute Gasteiger partial charge is 0.382 e. The highest BCUT2D eigenvalue weighted by Crippen LogP contribution is 2.40. The second kappa shape index (κ2) is 12.2. The van der Waals surface area contributed by atoms with E-state index in [4.69, 9.17) is 4.74 Å². The van der Waals surface area contributed by atoms with Crippen molar-refractivity contribution in [3.8, 4) is 0 Å². The third kappa shape index (κ3) is 8.08. The van der Waals surface area contributed by atoms with Gasteiger partial charge in [0.25, 0.3) is 0 Å². The number of hydrogen-bond acceptors (Lipinski definition) is 3. The highest BCUT2D eigenvalue weighted by atomic mass is 16.5. The molecule has 0 heterocycles. The number of carbonyl (C=O) groups is 1. The van der Waals surface area contributed by atoms with E-state index >= 15 is 0 Å². The number of hydrogen-bond donors (Lipinski definition) is 3. The molecule has 2 fully saturated rings. The predicted octanol–water partition coefficient (Wildman–Crippen LogP) is 2.98. The first-order valence-electron chi connectivity index (χ1n) is 11.1. The average Bonchev–Trinajstić information content (AvgIpc) is 3.14. The number of rotatable bonds is 10. The van der Waals surface area contributed by atoms with E-state index in [0.717, 1.165) is 51.5 Å². The number of amides is 1. The highest BCUT2D eigenvalue weighted by Gasteiger charge is 2.33. The maximum atomic E-state index is 12.2. The Bertz CT molecular complexity index is 455. The minimum atomic E-state index is 0.0334. The summed E-state index contributed by atoms with van der Waals surface area (Å²) in [6.45, 7) is 7.60. The summed E-state index contributed by atoms with van der Waals surface area (Å²) in [4.78, 5) is 16.7. The summed E-state index contributed by atoms with van der Waals surface area (Å²) in [6, 6.07) is 0.345. The van der Waals surface area contributed by atoms with Gasteiger partial charge in [0.05, 0.1) is 0 Å². The first kappa shape index (κ1) is 22.0. The Balaban J connectivity index is 1.81. The molecule has 1 amide bonds. The van der Waals surface area contributed by atoms with Gasteiger partial charge in [0.1, 0.15) is 6.54 Å². The molecule has 6 heteroatoms. The lowest BCUT2D eigenvalue weighted by Gasteiger charge is -2.30. The average molecular weight is 381 g/mol. The van der Waals surface area contributed by atoms with Gasteiger partial charge in [0.15, 0.2) is 5.96 Å². The van der Waals surface area contributed by atoms with Crippen LogP contribution in [0.4, 0.5) is 0 Å². The number of ether oxygens (including phenoxy) is 1. The molecule has 27 heavy (non-hydrogen) atoms. The van der Waals surface area contributed by atoms with Crippen LogP contribution in [0.1, 0.15) is 78.1 Å². The van der Waals surface area contributed by atoms with E-state index in [1.165, 1.54) is 44.9 Å². The lowest BCUT2D eigenvalue weighted by Crippen LogP contribution is -2.44. The van der Waals surface area contributed by atoms with E-state index in [-0.39, 0.29) is 12.5 Å². The van der Waals surface area contributed by atoms with Crippen molar-refractivity contribution in [3.05, 3.63) is 0 Å². The molecule has 0 saturated heterocycles. The maximum Gasteiger partial charge on any atom is 0.242 e. The summed E-state index contributed by atoms with van der Waals surface area (Å²) in [5.74, 6) is 0.782. The van der Waals surface area contributed by atoms with Crippen molar-refractivity contribution in [1.82, 2.24) is 16.0 Å². The third-order valence-electron chi connectivity index (χ3n) is 5.97. The Hall–Kier alpha value is -1.30. The Kier molecular flexibility index (Phi) is 9.95. The number of carbonyl (C=O) groups excluding carboxylic acids is 1. The Labute approximate surface area is 165 Å². The van der Waals surface area contributed by atoms with Crippen molar-refractivity contribution in [1.29, 1.82) is 0 Å². The molecular weight excluding hydrogens is 340 g/mol. The Morgan fingerprint density at radius 2 is 1.81 bits per heavy atom. The standard InChI is InChI=1S/C21H40N4O2/c1-3-22-20(23-16-19(26)25-18-10-6-5-7-11-18)24-17-21(12-8-9-13-21)14-15-27-4-2/h18H,3-17H2,1-2H3,(H,25,26)(H2,22,23,24). The van der Waals surface area contributed by atoms with Crippen molar-refractivity contribution in [2.75, 3.05) is 32.8 Å². The molecule has 0 unspecified atom stereocenters. The van der Waals surface area contributed by atoms with E-state index in [0.29, 0.717) is 11.5 Å². The van der Waals surface area contributed by atoms with Crippen LogP contribution in [0.2, 0.25) is 0 Å². The molecule has 0 aromatic carbocycles. The summed E-state index contributed by atoms with van der Waals surface area (Å²) in [7, 11) is 0. The number of guanidine groups is 1. The molecule has 0 radical (unpaired) electrons. The van der Waals surface area contributed by atoms with Crippen LogP contribution in [0.3, 0.4) is 0 Å². The van der Waals surface area contributed by atoms with Crippen LogP contribution in [0.15, 0.2) is 4.99 Å². The smallest absolute Gasteiger partial charge is 0.242 e. The molecule has 3 N–H and O–H groups in total. The molecule has 0 spiro atoms. The van der Waals surface area contributed by atoms with Crippen molar-refractivity contribution < 1.29 is 9.53 Å². The number of aliphatic imine (C=N–C) groups is 1. The van der Waals surface area contributed by atoms with E-state index in [2.05, 4.69) is 27.9 Å². The van der Waals surface area contributed by atoms with Crippen molar-refractivity contribution in [3.63, 3.8) is 0 Å². The summed E-state index contributed by atoms with van der Waals surface area (Å²) < 4.78 is 5.60. The second-order valence-electron chi connectivity index (χ2n) is 8.11. The normalized spacial score (nSPS) is 20.4. The van der Waals surface area contributed by atoms with Crippen LogP contribution in [0.5, 0.6) is 0 Å². The van der Waals surface area contributed by atoms with Gasteiger partial charge in [-0.2, -0.15) is 0 Å². The molecule has 0 aliphatic heterocycles. The highest BCUT2D eigenvalue weighted by molar-refractivity contribution is 5.85. The molecule has 6 nitrogen and oxygen atoms in total. The minimum Gasteiger partial charge on any atom is -0.382 e. The molecule has 2 rings (SSSR count). The van der Waals surface area contributed by atoms with Gasteiger partial charge in [0.2, 0.25) is 5.91 Å². The van der Waals surface area contributed by atoms with Crippen LogP contribution in [0.25, 0.3) is 0 Å². The Morgan fingerprint density at radius 1 is 1.07 bits per heavy atom. The lowest BCUT2D eigenvalue weighted by atomic mass is 9.83. The first-order chi connectivity index (χ1) is 13.2. The molecule has 2 aliphatic rings. The second-order valence-corrected chi connectivity index (χ2v) is 8.11. The fourth-order valence-corrected chi connectivity index (χ4v) is 4.36. The molecule has 156 valence electrons. The minimum absolute atomic E-state index is 0.0334. The van der Waals surface area contributed by atoms with Crippen molar-refractivity contribution >= 4 is 11.9 Å². The molecular formula is C21H40N4O2. The molecule has 0 aromatic rings. The van der Waals surface area contributed by atoms with Crippen LogP contribution >= 0.6 is 0 Å². The van der Waals surface area contributed by atoms with E-state index in [1.54, 1.807) is 0 Å². The van der Waals surface area contributed by atoms with Crippen LogP contribution in [-0.2, 0) is 9.53 Å². The lowest BCUT2D eigenvalue weighted by molar-refractivity contribution is -0.120. The predicted molar refractivity (Wildman–Crippen MR) is 111 cm³/mol. The van der Waals surface area contributed by atoms with Crippen molar-refractivity contribution in [2.24, 2.45) is 10.4 Å². The molecule has 0 aromatic heterocycles. The summed E-state index contributed by atoms with van der Waals surface area (Å²) >= 11 is 0. The molecule has 2 saturated carbocycles. The SMILES string of the molecule is CCNC(=NCC(=O)NC1CCCCC1)NCC1(CCOCC)CCCC1. The van der Waals surface area contributed by atoms with Crippen LogP contribution < -0.4 is 16.0 Å². The molecule has 2 aliphatic carbocycles. The summed E-state index contributed by atoms with van der Waals surface area (Å²) in [5, 5.41) is 9.91. The quantitative estimate of drug-likeness (QED) is 0.309. The third-order valence-corrected chi connectivity index (χ3v) is 5.97. The zero-order valence-corrected chi connectivity index (χ0v) is 17.4.